The predicted molar refractivity (Wildman–Crippen MR) is 111 cm³/mol. The van der Waals surface area contributed by atoms with E-state index in [1.54, 1.807) is 31.2 Å². The highest BCUT2D eigenvalue weighted by atomic mass is 32.1. The highest BCUT2D eigenvalue weighted by molar-refractivity contribution is 7.80. The van der Waals surface area contributed by atoms with Gasteiger partial charge in [-0.05, 0) is 36.5 Å². The molecule has 0 aliphatic carbocycles. The van der Waals surface area contributed by atoms with Crippen molar-refractivity contribution >= 4 is 40.5 Å². The molecule has 1 aliphatic heterocycles. The molecule has 1 aliphatic rings. The molecule has 7 heteroatoms. The van der Waals surface area contributed by atoms with Crippen molar-refractivity contribution in [3.05, 3.63) is 60.2 Å². The number of carbonyl (C=O) groups excluding carboxylic acids is 2. The first kappa shape index (κ1) is 18.8. The Morgan fingerprint density at radius 2 is 1.56 bits per heavy atom. The minimum absolute atomic E-state index is 0.103. The zero-order valence-electron chi connectivity index (χ0n) is 15.1. The number of hydrogen-bond donors (Lipinski definition) is 2. The molecule has 6 nitrogen and oxygen atoms in total. The van der Waals surface area contributed by atoms with Crippen LogP contribution < -0.4 is 15.5 Å². The normalized spacial score (nSPS) is 13.8. The first-order chi connectivity index (χ1) is 13.0. The molecule has 2 amide bonds. The molecule has 0 atom stereocenters. The summed E-state index contributed by atoms with van der Waals surface area (Å²) in [5.74, 6) is -0.147. The second kappa shape index (κ2) is 8.64. The maximum absolute atomic E-state index is 12.2. The SMILES string of the molecule is CC(=O)N1CCN(c2ccccc2NC(=S)NC(=O)c2ccccc2)CC1. The molecule has 0 bridgehead atoms. The van der Waals surface area contributed by atoms with E-state index in [9.17, 15) is 9.59 Å². The maximum atomic E-state index is 12.2. The Morgan fingerprint density at radius 3 is 2.22 bits per heavy atom. The van der Waals surface area contributed by atoms with Gasteiger partial charge in [0.15, 0.2) is 5.11 Å². The molecule has 0 saturated carbocycles. The van der Waals surface area contributed by atoms with Gasteiger partial charge in [-0.2, -0.15) is 0 Å². The van der Waals surface area contributed by atoms with Gasteiger partial charge in [0, 0.05) is 38.7 Å². The number of piperazine rings is 1. The number of nitrogens with zero attached hydrogens (tertiary/aromatic N) is 2. The Hall–Kier alpha value is -2.93. The van der Waals surface area contributed by atoms with Gasteiger partial charge in [0.25, 0.3) is 5.91 Å². The highest BCUT2D eigenvalue weighted by Gasteiger charge is 2.20. The van der Waals surface area contributed by atoms with E-state index in [2.05, 4.69) is 15.5 Å². The van der Waals surface area contributed by atoms with Crippen molar-refractivity contribution in [1.29, 1.82) is 0 Å². The van der Waals surface area contributed by atoms with Crippen LogP contribution in [0.5, 0.6) is 0 Å². The summed E-state index contributed by atoms with van der Waals surface area (Å²) < 4.78 is 0. The van der Waals surface area contributed by atoms with Crippen molar-refractivity contribution in [2.45, 2.75) is 6.92 Å². The van der Waals surface area contributed by atoms with Crippen LogP contribution in [0.1, 0.15) is 17.3 Å². The predicted octanol–water partition coefficient (Wildman–Crippen LogP) is 2.48. The molecule has 0 aromatic heterocycles. The molecule has 0 radical (unpaired) electrons. The third-order valence-corrected chi connectivity index (χ3v) is 4.69. The fourth-order valence-corrected chi connectivity index (χ4v) is 3.24. The van der Waals surface area contributed by atoms with Crippen molar-refractivity contribution in [1.82, 2.24) is 10.2 Å². The van der Waals surface area contributed by atoms with Crippen molar-refractivity contribution in [3.8, 4) is 0 Å². The van der Waals surface area contributed by atoms with Crippen LogP contribution in [0.15, 0.2) is 54.6 Å². The van der Waals surface area contributed by atoms with E-state index in [1.807, 2.05) is 35.2 Å². The van der Waals surface area contributed by atoms with Gasteiger partial charge in [-0.15, -0.1) is 0 Å². The Morgan fingerprint density at radius 1 is 0.926 bits per heavy atom. The van der Waals surface area contributed by atoms with Gasteiger partial charge in [0.2, 0.25) is 5.91 Å². The molecule has 27 heavy (non-hydrogen) atoms. The van der Waals surface area contributed by atoms with Gasteiger partial charge in [-0.3, -0.25) is 14.9 Å². The number of nitrogens with one attached hydrogen (secondary N) is 2. The standard InChI is InChI=1S/C20H22N4O2S/c1-15(25)23-11-13-24(14-12-23)18-10-6-5-9-17(18)21-20(27)22-19(26)16-7-3-2-4-8-16/h2-10H,11-14H2,1H3,(H2,21,22,26,27). The zero-order chi connectivity index (χ0) is 19.2. The van der Waals surface area contributed by atoms with E-state index in [1.165, 1.54) is 0 Å². The van der Waals surface area contributed by atoms with E-state index < -0.39 is 0 Å². The Balaban J connectivity index is 1.65. The lowest BCUT2D eigenvalue weighted by Gasteiger charge is -2.36. The third-order valence-electron chi connectivity index (χ3n) is 4.48. The second-order valence-electron chi connectivity index (χ2n) is 6.28. The van der Waals surface area contributed by atoms with Crippen LogP contribution in [0, 0.1) is 0 Å². The summed E-state index contributed by atoms with van der Waals surface area (Å²) in [5.41, 5.74) is 2.37. The van der Waals surface area contributed by atoms with E-state index in [0.29, 0.717) is 18.7 Å². The fourth-order valence-electron chi connectivity index (χ4n) is 3.04. The molecule has 2 N–H and O–H groups in total. The molecule has 3 rings (SSSR count). The van der Waals surface area contributed by atoms with Gasteiger partial charge in [0.1, 0.15) is 0 Å². The first-order valence-electron chi connectivity index (χ1n) is 8.81. The summed E-state index contributed by atoms with van der Waals surface area (Å²) >= 11 is 5.31. The van der Waals surface area contributed by atoms with Crippen LogP contribution >= 0.6 is 12.2 Å². The summed E-state index contributed by atoms with van der Waals surface area (Å²) in [7, 11) is 0. The van der Waals surface area contributed by atoms with E-state index >= 15 is 0 Å². The molecular formula is C20H22N4O2S. The molecule has 1 saturated heterocycles. The van der Waals surface area contributed by atoms with Crippen molar-refractivity contribution in [3.63, 3.8) is 0 Å². The number of para-hydroxylation sites is 2. The smallest absolute Gasteiger partial charge is 0.257 e. The summed E-state index contributed by atoms with van der Waals surface area (Å²) in [6.07, 6.45) is 0. The average molecular weight is 382 g/mol. The summed E-state index contributed by atoms with van der Waals surface area (Å²) in [5, 5.41) is 6.08. The Bertz CT molecular complexity index is 833. The molecule has 0 spiro atoms. The minimum atomic E-state index is -0.249. The van der Waals surface area contributed by atoms with E-state index in [-0.39, 0.29) is 16.9 Å². The van der Waals surface area contributed by atoms with Gasteiger partial charge < -0.3 is 15.1 Å². The van der Waals surface area contributed by atoms with Gasteiger partial charge in [-0.1, -0.05) is 30.3 Å². The summed E-state index contributed by atoms with van der Waals surface area (Å²) in [6, 6.07) is 16.8. The quantitative estimate of drug-likeness (QED) is 0.799. The minimum Gasteiger partial charge on any atom is -0.366 e. The lowest BCUT2D eigenvalue weighted by atomic mass is 10.2. The molecule has 140 valence electrons. The first-order valence-corrected chi connectivity index (χ1v) is 9.22. The summed E-state index contributed by atoms with van der Waals surface area (Å²) in [4.78, 5) is 27.8. The molecule has 0 unspecified atom stereocenters. The average Bonchev–Trinajstić information content (AvgIpc) is 2.69. The number of carbonyl (C=O) groups is 2. The monoisotopic (exact) mass is 382 g/mol. The van der Waals surface area contributed by atoms with E-state index in [4.69, 9.17) is 12.2 Å². The van der Waals surface area contributed by atoms with Gasteiger partial charge in [0.05, 0.1) is 11.4 Å². The third kappa shape index (κ3) is 4.83. The number of anilines is 2. The lowest BCUT2D eigenvalue weighted by Crippen LogP contribution is -2.48. The topological polar surface area (TPSA) is 64.7 Å². The summed E-state index contributed by atoms with van der Waals surface area (Å²) in [6.45, 7) is 4.49. The molecule has 1 fully saturated rings. The highest BCUT2D eigenvalue weighted by Crippen LogP contribution is 2.26. The van der Waals surface area contributed by atoms with Crippen molar-refractivity contribution in [2.75, 3.05) is 36.4 Å². The number of rotatable bonds is 3. The van der Waals surface area contributed by atoms with E-state index in [0.717, 1.165) is 24.5 Å². The van der Waals surface area contributed by atoms with Crippen LogP contribution in [0.4, 0.5) is 11.4 Å². The largest absolute Gasteiger partial charge is 0.366 e. The zero-order valence-corrected chi connectivity index (χ0v) is 16.0. The second-order valence-corrected chi connectivity index (χ2v) is 6.69. The van der Waals surface area contributed by atoms with Gasteiger partial charge in [-0.25, -0.2) is 0 Å². The Kier molecular flexibility index (Phi) is 6.03. The van der Waals surface area contributed by atoms with Crippen LogP contribution in [0.25, 0.3) is 0 Å². The molecular weight excluding hydrogens is 360 g/mol. The van der Waals surface area contributed by atoms with Crippen molar-refractivity contribution < 1.29 is 9.59 Å². The van der Waals surface area contributed by atoms with Crippen molar-refractivity contribution in [2.24, 2.45) is 0 Å². The van der Waals surface area contributed by atoms with Crippen LogP contribution in [0.3, 0.4) is 0 Å². The number of hydrogen-bond acceptors (Lipinski definition) is 4. The number of benzene rings is 2. The number of amides is 2. The number of thiocarbonyl (C=S) groups is 1. The molecule has 1 heterocycles. The van der Waals surface area contributed by atoms with Crippen LogP contribution in [-0.4, -0.2) is 48.0 Å². The van der Waals surface area contributed by atoms with Crippen LogP contribution in [-0.2, 0) is 4.79 Å². The van der Waals surface area contributed by atoms with Gasteiger partial charge >= 0.3 is 0 Å². The Labute approximate surface area is 164 Å². The fraction of sp³-hybridized carbons (Fsp3) is 0.250. The van der Waals surface area contributed by atoms with Crippen LogP contribution in [0.2, 0.25) is 0 Å². The molecule has 2 aromatic carbocycles. The lowest BCUT2D eigenvalue weighted by molar-refractivity contribution is -0.129. The molecule has 2 aromatic rings. The maximum Gasteiger partial charge on any atom is 0.257 e.